The molecule has 1 aromatic heterocycles. The standard InChI is InChI=1S/C24H27FN4O3/c1-27-12-24(13-29(14-24)23(31)26-16-6-4-5-15(25)9-16)21-18-8-7-17(32-3)10-19(18)28(2)22(21)20(27)11-30/h4-10,20,30H,11-14H2,1-3H3,(H,26,31)/t20-/m1/s1. The first-order valence-corrected chi connectivity index (χ1v) is 10.7. The number of ether oxygens (including phenoxy) is 1. The number of aryl methyl sites for hydroxylation is 1. The first-order chi connectivity index (χ1) is 15.4. The Hall–Kier alpha value is -3.10. The van der Waals surface area contributed by atoms with Gasteiger partial charge in [0.15, 0.2) is 0 Å². The molecule has 2 aromatic carbocycles. The van der Waals surface area contributed by atoms with Crippen LogP contribution >= 0.6 is 0 Å². The van der Waals surface area contributed by atoms with Crippen molar-refractivity contribution < 1.29 is 19.0 Å². The number of likely N-dealkylation sites (N-methyl/N-ethyl adjacent to an activating group) is 1. The highest BCUT2D eigenvalue weighted by molar-refractivity contribution is 5.92. The van der Waals surface area contributed by atoms with Crippen molar-refractivity contribution in [2.24, 2.45) is 7.05 Å². The minimum absolute atomic E-state index is 0.0185. The summed E-state index contributed by atoms with van der Waals surface area (Å²) < 4.78 is 21.0. The molecule has 0 bridgehead atoms. The van der Waals surface area contributed by atoms with E-state index in [9.17, 15) is 14.3 Å². The molecule has 0 saturated carbocycles. The van der Waals surface area contributed by atoms with Crippen molar-refractivity contribution in [1.29, 1.82) is 0 Å². The van der Waals surface area contributed by atoms with Gasteiger partial charge in [-0.1, -0.05) is 6.07 Å². The Bertz CT molecular complexity index is 1200. The number of likely N-dealkylation sites (tertiary alicyclic amines) is 1. The van der Waals surface area contributed by atoms with Gasteiger partial charge in [-0.25, -0.2) is 9.18 Å². The molecule has 5 rings (SSSR count). The minimum Gasteiger partial charge on any atom is -0.497 e. The number of benzene rings is 2. The summed E-state index contributed by atoms with van der Waals surface area (Å²) in [6, 6.07) is 11.6. The summed E-state index contributed by atoms with van der Waals surface area (Å²) in [6.45, 7) is 1.86. The normalized spacial score (nSPS) is 19.7. The van der Waals surface area contributed by atoms with Gasteiger partial charge >= 0.3 is 6.03 Å². The lowest BCUT2D eigenvalue weighted by atomic mass is 9.69. The Morgan fingerprint density at radius 1 is 1.22 bits per heavy atom. The summed E-state index contributed by atoms with van der Waals surface area (Å²) in [7, 11) is 5.68. The molecule has 32 heavy (non-hydrogen) atoms. The van der Waals surface area contributed by atoms with Crippen LogP contribution in [-0.4, -0.2) is 65.9 Å². The monoisotopic (exact) mass is 438 g/mol. The van der Waals surface area contributed by atoms with Crippen molar-refractivity contribution in [1.82, 2.24) is 14.4 Å². The second kappa shape index (κ2) is 7.50. The highest BCUT2D eigenvalue weighted by Crippen LogP contribution is 2.49. The van der Waals surface area contributed by atoms with Gasteiger partial charge in [0.05, 0.1) is 25.3 Å². The number of urea groups is 1. The number of methoxy groups -OCH3 is 1. The second-order valence-electron chi connectivity index (χ2n) is 8.89. The van der Waals surface area contributed by atoms with Gasteiger partial charge in [0.25, 0.3) is 0 Å². The van der Waals surface area contributed by atoms with Crippen LogP contribution < -0.4 is 10.1 Å². The number of carbonyl (C=O) groups is 1. The summed E-state index contributed by atoms with van der Waals surface area (Å²) in [5, 5.41) is 14.1. The van der Waals surface area contributed by atoms with E-state index in [-0.39, 0.29) is 29.9 Å². The highest BCUT2D eigenvalue weighted by atomic mass is 19.1. The average Bonchev–Trinajstić information content (AvgIpc) is 3.04. The second-order valence-corrected chi connectivity index (χ2v) is 8.89. The van der Waals surface area contributed by atoms with Crippen LogP contribution in [0.4, 0.5) is 14.9 Å². The Labute approximate surface area is 186 Å². The van der Waals surface area contributed by atoms with Crippen LogP contribution in [0.2, 0.25) is 0 Å². The van der Waals surface area contributed by atoms with Crippen LogP contribution in [-0.2, 0) is 12.5 Å². The summed E-state index contributed by atoms with van der Waals surface area (Å²) in [5.74, 6) is 0.394. The van der Waals surface area contributed by atoms with E-state index in [0.29, 0.717) is 18.8 Å². The molecule has 0 aliphatic carbocycles. The first-order valence-electron chi connectivity index (χ1n) is 10.7. The lowest BCUT2D eigenvalue weighted by Crippen LogP contribution is -2.67. The molecular formula is C24H27FN4O3. The van der Waals surface area contributed by atoms with E-state index in [1.165, 1.54) is 17.7 Å². The minimum atomic E-state index is -0.386. The fraction of sp³-hybridized carbons (Fsp3) is 0.375. The van der Waals surface area contributed by atoms with Crippen LogP contribution in [0.25, 0.3) is 10.9 Å². The molecule has 2 N–H and O–H groups in total. The largest absolute Gasteiger partial charge is 0.497 e. The van der Waals surface area contributed by atoms with Crippen molar-refractivity contribution in [3.63, 3.8) is 0 Å². The molecule has 1 atom stereocenters. The topological polar surface area (TPSA) is 70.0 Å². The molecule has 8 heteroatoms. The molecule has 7 nitrogen and oxygen atoms in total. The van der Waals surface area contributed by atoms with Crippen LogP contribution in [0.15, 0.2) is 42.5 Å². The van der Waals surface area contributed by atoms with Crippen molar-refractivity contribution in [2.75, 3.05) is 45.7 Å². The van der Waals surface area contributed by atoms with E-state index in [1.807, 2.05) is 26.2 Å². The fourth-order valence-corrected chi connectivity index (χ4v) is 5.47. The number of anilines is 1. The smallest absolute Gasteiger partial charge is 0.321 e. The third kappa shape index (κ3) is 3.05. The van der Waals surface area contributed by atoms with Crippen LogP contribution in [0.5, 0.6) is 5.75 Å². The van der Waals surface area contributed by atoms with Crippen LogP contribution in [0.1, 0.15) is 17.3 Å². The molecule has 168 valence electrons. The van der Waals surface area contributed by atoms with Gasteiger partial charge in [-0.15, -0.1) is 0 Å². The van der Waals surface area contributed by atoms with Gasteiger partial charge in [-0.3, -0.25) is 4.90 Å². The number of fused-ring (bicyclic) bond motifs is 4. The van der Waals surface area contributed by atoms with Gasteiger partial charge in [0, 0.05) is 54.9 Å². The molecule has 2 aliphatic rings. The highest BCUT2D eigenvalue weighted by Gasteiger charge is 2.53. The third-order valence-corrected chi connectivity index (χ3v) is 6.91. The zero-order valence-corrected chi connectivity index (χ0v) is 18.4. The lowest BCUT2D eigenvalue weighted by molar-refractivity contribution is 0.0284. The Balaban J connectivity index is 1.50. The number of nitrogens with zero attached hydrogens (tertiary/aromatic N) is 3. The van der Waals surface area contributed by atoms with Gasteiger partial charge < -0.3 is 24.6 Å². The molecular weight excluding hydrogens is 411 g/mol. The summed E-state index contributed by atoms with van der Waals surface area (Å²) in [4.78, 5) is 16.7. The number of halogens is 1. The predicted octanol–water partition coefficient (Wildman–Crippen LogP) is 3.09. The van der Waals surface area contributed by atoms with E-state index in [1.54, 1.807) is 24.1 Å². The summed E-state index contributed by atoms with van der Waals surface area (Å²) in [6.07, 6.45) is 0. The zero-order chi connectivity index (χ0) is 22.6. The molecule has 1 spiro atoms. The number of carbonyl (C=O) groups excluding carboxylic acids is 1. The third-order valence-electron chi connectivity index (χ3n) is 6.91. The van der Waals surface area contributed by atoms with E-state index in [2.05, 4.69) is 20.9 Å². The van der Waals surface area contributed by atoms with Gasteiger partial charge in [0.1, 0.15) is 11.6 Å². The van der Waals surface area contributed by atoms with E-state index >= 15 is 0 Å². The molecule has 1 saturated heterocycles. The lowest BCUT2D eigenvalue weighted by Gasteiger charge is -2.55. The van der Waals surface area contributed by atoms with E-state index in [0.717, 1.165) is 28.9 Å². The molecule has 0 unspecified atom stereocenters. The van der Waals surface area contributed by atoms with E-state index < -0.39 is 0 Å². The Morgan fingerprint density at radius 3 is 2.69 bits per heavy atom. The summed E-state index contributed by atoms with van der Waals surface area (Å²) >= 11 is 0. The van der Waals surface area contributed by atoms with Crippen LogP contribution in [0, 0.1) is 5.82 Å². The van der Waals surface area contributed by atoms with Crippen molar-refractivity contribution >= 4 is 22.6 Å². The maximum absolute atomic E-state index is 13.5. The van der Waals surface area contributed by atoms with Gasteiger partial charge in [-0.05, 0) is 42.9 Å². The van der Waals surface area contributed by atoms with Crippen molar-refractivity contribution in [3.05, 3.63) is 59.5 Å². The average molecular weight is 439 g/mol. The number of nitrogens with one attached hydrogen (secondary N) is 1. The number of hydrogen-bond donors (Lipinski definition) is 2. The van der Waals surface area contributed by atoms with Crippen LogP contribution in [0.3, 0.4) is 0 Å². The molecule has 2 amide bonds. The van der Waals surface area contributed by atoms with Gasteiger partial charge in [0.2, 0.25) is 0 Å². The Morgan fingerprint density at radius 2 is 2.00 bits per heavy atom. The Kier molecular flexibility index (Phi) is 4.87. The summed E-state index contributed by atoms with van der Waals surface area (Å²) in [5.41, 5.74) is 3.53. The van der Waals surface area contributed by atoms with Gasteiger partial charge in [-0.2, -0.15) is 0 Å². The number of aliphatic hydroxyl groups is 1. The number of rotatable bonds is 3. The molecule has 3 heterocycles. The van der Waals surface area contributed by atoms with E-state index in [4.69, 9.17) is 4.74 Å². The SMILES string of the molecule is COc1ccc2c3c(n(C)c2c1)[C@@H](CO)N(C)CC31CN(C(=O)Nc2cccc(F)c2)C1. The fourth-order valence-electron chi connectivity index (χ4n) is 5.47. The molecule has 0 radical (unpaired) electrons. The maximum Gasteiger partial charge on any atom is 0.321 e. The van der Waals surface area contributed by atoms with Crippen molar-refractivity contribution in [2.45, 2.75) is 11.5 Å². The number of aliphatic hydroxyl groups excluding tert-OH is 1. The maximum atomic E-state index is 13.5. The number of aromatic nitrogens is 1. The first kappa shape index (κ1) is 20.8. The predicted molar refractivity (Wildman–Crippen MR) is 121 cm³/mol. The van der Waals surface area contributed by atoms with Crippen molar-refractivity contribution in [3.8, 4) is 5.75 Å². The zero-order valence-electron chi connectivity index (χ0n) is 18.4. The molecule has 1 fully saturated rings. The quantitative estimate of drug-likeness (QED) is 0.660. The molecule has 3 aromatic rings. The molecule has 2 aliphatic heterocycles. The number of amides is 2. The number of hydrogen-bond acceptors (Lipinski definition) is 4.